The fraction of sp³-hybridized carbons (Fsp3) is 0.0909. The minimum absolute atomic E-state index is 0.402. The summed E-state index contributed by atoms with van der Waals surface area (Å²) in [6.07, 6.45) is 3.62. The van der Waals surface area contributed by atoms with Crippen LogP contribution in [0.15, 0.2) is 42.7 Å². The highest BCUT2D eigenvalue weighted by molar-refractivity contribution is 5.92. The SMILES string of the molecule is NC(=O)c1ccc(Cn2cccn2)cc1. The Kier molecular flexibility index (Phi) is 2.49. The number of hydrogen-bond acceptors (Lipinski definition) is 2. The van der Waals surface area contributed by atoms with Gasteiger partial charge in [0.25, 0.3) is 0 Å². The molecule has 4 nitrogen and oxygen atoms in total. The van der Waals surface area contributed by atoms with E-state index in [-0.39, 0.29) is 0 Å². The Labute approximate surface area is 87.3 Å². The van der Waals surface area contributed by atoms with E-state index in [4.69, 9.17) is 5.73 Å². The second kappa shape index (κ2) is 3.96. The Morgan fingerprint density at radius 3 is 2.60 bits per heavy atom. The maximum absolute atomic E-state index is 10.8. The molecule has 1 amide bonds. The molecular weight excluding hydrogens is 190 g/mol. The van der Waals surface area contributed by atoms with E-state index in [1.807, 2.05) is 29.1 Å². The highest BCUT2D eigenvalue weighted by atomic mass is 16.1. The van der Waals surface area contributed by atoms with Gasteiger partial charge in [-0.2, -0.15) is 5.10 Å². The number of primary amides is 1. The lowest BCUT2D eigenvalue weighted by Crippen LogP contribution is -2.10. The Balaban J connectivity index is 2.14. The maximum Gasteiger partial charge on any atom is 0.248 e. The van der Waals surface area contributed by atoms with Crippen molar-refractivity contribution in [2.45, 2.75) is 6.54 Å². The van der Waals surface area contributed by atoms with Crippen molar-refractivity contribution in [3.8, 4) is 0 Å². The zero-order chi connectivity index (χ0) is 10.7. The molecule has 2 rings (SSSR count). The molecule has 0 saturated carbocycles. The largest absolute Gasteiger partial charge is 0.366 e. The van der Waals surface area contributed by atoms with Crippen molar-refractivity contribution < 1.29 is 4.79 Å². The first-order valence-corrected chi connectivity index (χ1v) is 4.62. The number of nitrogens with two attached hydrogens (primary N) is 1. The van der Waals surface area contributed by atoms with E-state index in [1.165, 1.54) is 0 Å². The summed E-state index contributed by atoms with van der Waals surface area (Å²) in [5, 5.41) is 4.09. The summed E-state index contributed by atoms with van der Waals surface area (Å²) in [6, 6.07) is 9.07. The standard InChI is InChI=1S/C11H11N3O/c12-11(15)10-4-2-9(3-5-10)8-14-7-1-6-13-14/h1-7H,8H2,(H2,12,15). The number of rotatable bonds is 3. The van der Waals surface area contributed by atoms with Crippen LogP contribution in [0, 0.1) is 0 Å². The molecule has 1 aromatic carbocycles. The minimum atomic E-state index is -0.402. The normalized spacial score (nSPS) is 10.1. The molecule has 0 aliphatic heterocycles. The third kappa shape index (κ3) is 2.22. The molecule has 2 N–H and O–H groups in total. The van der Waals surface area contributed by atoms with Gasteiger partial charge in [-0.15, -0.1) is 0 Å². The van der Waals surface area contributed by atoms with Crippen LogP contribution >= 0.6 is 0 Å². The molecule has 0 spiro atoms. The first kappa shape index (κ1) is 9.45. The van der Waals surface area contributed by atoms with Crippen LogP contribution in [-0.2, 0) is 6.54 Å². The van der Waals surface area contributed by atoms with Gasteiger partial charge in [0, 0.05) is 18.0 Å². The van der Waals surface area contributed by atoms with Crippen molar-refractivity contribution in [2.75, 3.05) is 0 Å². The third-order valence-corrected chi connectivity index (χ3v) is 2.14. The van der Waals surface area contributed by atoms with Crippen molar-refractivity contribution in [1.82, 2.24) is 9.78 Å². The monoisotopic (exact) mass is 201 g/mol. The fourth-order valence-corrected chi connectivity index (χ4v) is 1.36. The molecule has 0 aliphatic carbocycles. The Morgan fingerprint density at radius 2 is 2.07 bits per heavy atom. The summed E-state index contributed by atoms with van der Waals surface area (Å²) in [7, 11) is 0. The Hall–Kier alpha value is -2.10. The van der Waals surface area contributed by atoms with Crippen molar-refractivity contribution >= 4 is 5.91 Å². The third-order valence-electron chi connectivity index (χ3n) is 2.14. The van der Waals surface area contributed by atoms with Crippen LogP contribution in [0.4, 0.5) is 0 Å². The van der Waals surface area contributed by atoms with E-state index >= 15 is 0 Å². The van der Waals surface area contributed by atoms with Crippen LogP contribution in [0.25, 0.3) is 0 Å². The molecule has 1 aromatic heterocycles. The predicted octanol–water partition coefficient (Wildman–Crippen LogP) is 1.03. The first-order chi connectivity index (χ1) is 7.25. The summed E-state index contributed by atoms with van der Waals surface area (Å²) < 4.78 is 1.82. The van der Waals surface area contributed by atoms with Crippen molar-refractivity contribution in [2.24, 2.45) is 5.73 Å². The number of hydrogen-bond donors (Lipinski definition) is 1. The van der Waals surface area contributed by atoms with Crippen molar-refractivity contribution in [3.05, 3.63) is 53.9 Å². The summed E-state index contributed by atoms with van der Waals surface area (Å²) in [5.41, 5.74) is 6.76. The van der Waals surface area contributed by atoms with Crippen LogP contribution < -0.4 is 5.73 Å². The molecule has 0 bridgehead atoms. The Morgan fingerprint density at radius 1 is 1.33 bits per heavy atom. The van der Waals surface area contributed by atoms with Gasteiger partial charge in [-0.25, -0.2) is 0 Å². The quantitative estimate of drug-likeness (QED) is 0.806. The molecule has 1 heterocycles. The van der Waals surface area contributed by atoms with E-state index in [9.17, 15) is 4.79 Å². The minimum Gasteiger partial charge on any atom is -0.366 e. The number of aromatic nitrogens is 2. The summed E-state index contributed by atoms with van der Waals surface area (Å²) >= 11 is 0. The maximum atomic E-state index is 10.8. The van der Waals surface area contributed by atoms with Gasteiger partial charge in [-0.05, 0) is 23.8 Å². The number of carbonyl (C=O) groups is 1. The number of nitrogens with zero attached hydrogens (tertiary/aromatic N) is 2. The van der Waals surface area contributed by atoms with Crippen molar-refractivity contribution in [3.63, 3.8) is 0 Å². The lowest BCUT2D eigenvalue weighted by molar-refractivity contribution is 0.100. The van der Waals surface area contributed by atoms with Crippen LogP contribution in [0.3, 0.4) is 0 Å². The lowest BCUT2D eigenvalue weighted by Gasteiger charge is -2.02. The van der Waals surface area contributed by atoms with Crippen LogP contribution in [-0.4, -0.2) is 15.7 Å². The molecule has 0 fully saturated rings. The molecule has 0 unspecified atom stereocenters. The molecule has 0 radical (unpaired) electrons. The molecule has 2 aromatic rings. The highest BCUT2D eigenvalue weighted by Gasteiger charge is 2.00. The predicted molar refractivity (Wildman–Crippen MR) is 56.3 cm³/mol. The molecule has 0 atom stereocenters. The molecule has 15 heavy (non-hydrogen) atoms. The molecule has 4 heteroatoms. The van der Waals surface area contributed by atoms with Crippen LogP contribution in [0.1, 0.15) is 15.9 Å². The van der Waals surface area contributed by atoms with Gasteiger partial charge < -0.3 is 5.73 Å². The van der Waals surface area contributed by atoms with Gasteiger partial charge in [-0.3, -0.25) is 9.48 Å². The van der Waals surface area contributed by atoms with Crippen LogP contribution in [0.5, 0.6) is 0 Å². The molecule has 0 aliphatic rings. The van der Waals surface area contributed by atoms with Crippen molar-refractivity contribution in [1.29, 1.82) is 0 Å². The zero-order valence-electron chi connectivity index (χ0n) is 8.13. The summed E-state index contributed by atoms with van der Waals surface area (Å²) in [4.78, 5) is 10.8. The highest BCUT2D eigenvalue weighted by Crippen LogP contribution is 2.05. The molecular formula is C11H11N3O. The van der Waals surface area contributed by atoms with Gasteiger partial charge in [-0.1, -0.05) is 12.1 Å². The van der Waals surface area contributed by atoms with Gasteiger partial charge in [0.05, 0.1) is 6.54 Å². The lowest BCUT2D eigenvalue weighted by atomic mass is 10.1. The number of amides is 1. The zero-order valence-corrected chi connectivity index (χ0v) is 8.13. The first-order valence-electron chi connectivity index (χ1n) is 4.62. The number of benzene rings is 1. The van der Waals surface area contributed by atoms with E-state index in [1.54, 1.807) is 18.3 Å². The average Bonchev–Trinajstić information content (AvgIpc) is 2.71. The van der Waals surface area contributed by atoms with Gasteiger partial charge in [0.2, 0.25) is 5.91 Å². The van der Waals surface area contributed by atoms with E-state index in [0.29, 0.717) is 12.1 Å². The van der Waals surface area contributed by atoms with E-state index in [2.05, 4.69) is 5.10 Å². The van der Waals surface area contributed by atoms with E-state index < -0.39 is 5.91 Å². The smallest absolute Gasteiger partial charge is 0.248 e. The summed E-state index contributed by atoms with van der Waals surface area (Å²) in [5.74, 6) is -0.402. The number of carbonyl (C=O) groups excluding carboxylic acids is 1. The second-order valence-corrected chi connectivity index (χ2v) is 3.26. The topological polar surface area (TPSA) is 60.9 Å². The van der Waals surface area contributed by atoms with Gasteiger partial charge in [0.1, 0.15) is 0 Å². The van der Waals surface area contributed by atoms with Gasteiger partial charge >= 0.3 is 0 Å². The fourth-order valence-electron chi connectivity index (χ4n) is 1.36. The molecule has 0 saturated heterocycles. The Bertz CT molecular complexity index is 445. The molecule has 76 valence electrons. The van der Waals surface area contributed by atoms with Gasteiger partial charge in [0.15, 0.2) is 0 Å². The average molecular weight is 201 g/mol. The second-order valence-electron chi connectivity index (χ2n) is 3.26. The van der Waals surface area contributed by atoms with Crippen LogP contribution in [0.2, 0.25) is 0 Å². The summed E-state index contributed by atoms with van der Waals surface area (Å²) in [6.45, 7) is 0.700. The van der Waals surface area contributed by atoms with E-state index in [0.717, 1.165) is 5.56 Å².